The van der Waals surface area contributed by atoms with Gasteiger partial charge in [0.2, 0.25) is 5.91 Å². The topological polar surface area (TPSA) is 80.2 Å². The first-order valence-corrected chi connectivity index (χ1v) is 10.00. The van der Waals surface area contributed by atoms with Crippen molar-refractivity contribution in [2.24, 2.45) is 11.8 Å². The van der Waals surface area contributed by atoms with E-state index in [1.807, 2.05) is 6.92 Å². The van der Waals surface area contributed by atoms with Crippen LogP contribution in [0.25, 0.3) is 10.9 Å². The summed E-state index contributed by atoms with van der Waals surface area (Å²) in [7, 11) is 1.57. The number of hydrogen-bond donors (Lipinski definition) is 1. The van der Waals surface area contributed by atoms with Gasteiger partial charge in [0.25, 0.3) is 0 Å². The maximum absolute atomic E-state index is 12.3. The lowest BCUT2D eigenvalue weighted by molar-refractivity contribution is -0.117. The second-order valence-electron chi connectivity index (χ2n) is 7.16. The van der Waals surface area contributed by atoms with Gasteiger partial charge in [0.1, 0.15) is 11.3 Å². The van der Waals surface area contributed by atoms with Gasteiger partial charge in [0.05, 0.1) is 7.11 Å². The van der Waals surface area contributed by atoms with Crippen LogP contribution in [-0.4, -0.2) is 35.2 Å². The van der Waals surface area contributed by atoms with E-state index in [0.717, 1.165) is 12.0 Å². The second kappa shape index (κ2) is 7.94. The number of hydrogen-bond acceptors (Lipinski definition) is 6. The lowest BCUT2D eigenvalue weighted by Crippen LogP contribution is -2.19. The van der Waals surface area contributed by atoms with Crippen molar-refractivity contribution in [2.75, 3.05) is 24.3 Å². The van der Waals surface area contributed by atoms with Gasteiger partial charge in [0, 0.05) is 39.6 Å². The molecule has 150 valence electrons. The van der Waals surface area contributed by atoms with Crippen molar-refractivity contribution in [1.29, 1.82) is 0 Å². The minimum absolute atomic E-state index is 0.000475. The van der Waals surface area contributed by atoms with Crippen molar-refractivity contribution in [1.82, 2.24) is 15.2 Å². The van der Waals surface area contributed by atoms with E-state index in [1.165, 1.54) is 11.1 Å². The molecule has 0 radical (unpaired) electrons. The highest BCUT2D eigenvalue weighted by molar-refractivity contribution is 9.10. The zero-order valence-electron chi connectivity index (χ0n) is 19.0. The number of carbonyl (C=O) groups is 1. The number of aromatic nitrogens is 3. The number of rotatable bonds is 6. The van der Waals surface area contributed by atoms with Crippen LogP contribution in [-0.2, 0) is 11.3 Å². The van der Waals surface area contributed by atoms with E-state index in [0.29, 0.717) is 32.9 Å². The number of amides is 1. The Hall–Kier alpha value is -2.74. The van der Waals surface area contributed by atoms with Crippen molar-refractivity contribution in [3.05, 3.63) is 46.6 Å². The maximum Gasteiger partial charge on any atom is 0.228 e. The number of pyridine rings is 1. The van der Waals surface area contributed by atoms with Crippen LogP contribution in [0.3, 0.4) is 0 Å². The molecular formula is C21H22BrN5O2. The van der Waals surface area contributed by atoms with Gasteiger partial charge in [-0.2, -0.15) is 0 Å². The van der Waals surface area contributed by atoms with Crippen LogP contribution in [0.5, 0.6) is 5.75 Å². The fourth-order valence-electron chi connectivity index (χ4n) is 3.14. The maximum atomic E-state index is 12.3. The van der Waals surface area contributed by atoms with Crippen LogP contribution < -0.4 is 15.0 Å². The van der Waals surface area contributed by atoms with Crippen molar-refractivity contribution in [2.45, 2.75) is 19.9 Å². The summed E-state index contributed by atoms with van der Waals surface area (Å²) in [6.45, 7) is -0.356. The fourth-order valence-corrected chi connectivity index (χ4v) is 3.55. The monoisotopic (exact) mass is 458 g/mol. The zero-order chi connectivity index (χ0) is 23.0. The normalized spacial score (nSPS) is 19.8. The van der Waals surface area contributed by atoms with Crippen LogP contribution in [0.1, 0.15) is 23.0 Å². The van der Waals surface area contributed by atoms with E-state index < -0.39 is 6.98 Å². The van der Waals surface area contributed by atoms with E-state index >= 15 is 0 Å². The van der Waals surface area contributed by atoms with Gasteiger partial charge in [-0.25, -0.2) is 4.98 Å². The summed E-state index contributed by atoms with van der Waals surface area (Å²) in [5.74, 6) is 1.47. The Kier molecular flexibility index (Phi) is 4.41. The lowest BCUT2D eigenvalue weighted by atomic mass is 10.2. The molecule has 1 amide bonds. The molecule has 1 N–H and O–H groups in total. The van der Waals surface area contributed by atoms with Crippen LogP contribution in [0.2, 0.25) is 0 Å². The molecule has 0 aliphatic heterocycles. The Morgan fingerprint density at radius 2 is 2.14 bits per heavy atom. The lowest BCUT2D eigenvalue weighted by Gasteiger charge is -2.20. The molecule has 2 atom stereocenters. The molecule has 7 nitrogen and oxygen atoms in total. The van der Waals surface area contributed by atoms with Gasteiger partial charge in [-0.15, -0.1) is 10.2 Å². The van der Waals surface area contributed by atoms with Crippen LogP contribution in [0.4, 0.5) is 11.6 Å². The van der Waals surface area contributed by atoms with E-state index in [2.05, 4.69) is 36.4 Å². The van der Waals surface area contributed by atoms with Gasteiger partial charge < -0.3 is 15.0 Å². The SMILES string of the molecule is [2H]C([2H])([2H])N(Cc1ccc(OC)cc1)c1ncc(Br)c2cc(NC(=O)[C@H]3C[C@H]3C)nnc12. The molecule has 3 aromatic rings. The van der Waals surface area contributed by atoms with E-state index in [1.54, 1.807) is 37.4 Å². The third-order valence-corrected chi connectivity index (χ3v) is 5.65. The molecule has 2 heterocycles. The summed E-state index contributed by atoms with van der Waals surface area (Å²) < 4.78 is 30.0. The molecule has 4 rings (SSSR count). The summed E-state index contributed by atoms with van der Waals surface area (Å²) in [5.41, 5.74) is 1.09. The number of carbonyl (C=O) groups excluding carboxylic acids is 1. The smallest absolute Gasteiger partial charge is 0.228 e. The molecule has 1 aliphatic carbocycles. The summed E-state index contributed by atoms with van der Waals surface area (Å²) >= 11 is 3.45. The highest BCUT2D eigenvalue weighted by Crippen LogP contribution is 2.38. The highest BCUT2D eigenvalue weighted by atomic mass is 79.9. The van der Waals surface area contributed by atoms with Crippen LogP contribution in [0.15, 0.2) is 41.0 Å². The largest absolute Gasteiger partial charge is 0.497 e. The van der Waals surface area contributed by atoms with Crippen LogP contribution in [0, 0.1) is 11.8 Å². The van der Waals surface area contributed by atoms with Gasteiger partial charge in [-0.3, -0.25) is 4.79 Å². The average molecular weight is 459 g/mol. The molecule has 1 saturated carbocycles. The first-order valence-electron chi connectivity index (χ1n) is 10.7. The Balaban J connectivity index is 1.69. The Morgan fingerprint density at radius 3 is 2.79 bits per heavy atom. The molecule has 1 fully saturated rings. The van der Waals surface area contributed by atoms with Crippen molar-refractivity contribution in [3.63, 3.8) is 0 Å². The van der Waals surface area contributed by atoms with Crippen molar-refractivity contribution >= 4 is 44.4 Å². The van der Waals surface area contributed by atoms with Gasteiger partial charge in [-0.1, -0.05) is 19.1 Å². The molecule has 1 aliphatic rings. The first-order chi connectivity index (χ1) is 15.2. The van der Waals surface area contributed by atoms with E-state index in [9.17, 15) is 4.79 Å². The summed E-state index contributed by atoms with van der Waals surface area (Å²) in [6, 6.07) is 8.83. The number of benzene rings is 1. The second-order valence-corrected chi connectivity index (χ2v) is 8.02. The molecule has 2 aromatic heterocycles. The van der Waals surface area contributed by atoms with Gasteiger partial charge in [-0.05, 0) is 52.0 Å². The number of nitrogens with zero attached hydrogens (tertiary/aromatic N) is 4. The molecule has 8 heteroatoms. The van der Waals surface area contributed by atoms with Crippen molar-refractivity contribution in [3.8, 4) is 5.75 Å². The number of nitrogens with one attached hydrogen (secondary N) is 1. The third-order valence-electron chi connectivity index (χ3n) is 5.02. The number of fused-ring (bicyclic) bond motifs is 1. The minimum atomic E-state index is -2.47. The zero-order valence-corrected chi connectivity index (χ0v) is 17.6. The first kappa shape index (κ1) is 16.1. The molecule has 0 spiro atoms. The number of halogens is 1. The Morgan fingerprint density at radius 1 is 1.38 bits per heavy atom. The predicted molar refractivity (Wildman–Crippen MR) is 116 cm³/mol. The molecule has 0 unspecified atom stereocenters. The molecule has 1 aromatic carbocycles. The molecule has 29 heavy (non-hydrogen) atoms. The van der Waals surface area contributed by atoms with Crippen LogP contribution >= 0.6 is 15.9 Å². The van der Waals surface area contributed by atoms with E-state index in [-0.39, 0.29) is 24.2 Å². The number of methoxy groups -OCH3 is 1. The standard InChI is InChI=1S/C21H22BrN5O2/c1-12-8-15(12)21(28)24-18-9-16-17(22)10-23-20(19(16)26-25-18)27(2)11-13-4-6-14(29-3)7-5-13/h4-7,9-10,12,15H,8,11H2,1-3H3,(H,24,25,28)/t12-,15+/m1/s1/i2D3. The van der Waals surface area contributed by atoms with Crippen molar-refractivity contribution < 1.29 is 13.6 Å². The molecular weight excluding hydrogens is 434 g/mol. The van der Waals surface area contributed by atoms with Gasteiger partial charge >= 0.3 is 0 Å². The third kappa shape index (κ3) is 4.17. The summed E-state index contributed by atoms with van der Waals surface area (Å²) in [6.07, 6.45) is 2.39. The van der Waals surface area contributed by atoms with E-state index in [4.69, 9.17) is 8.85 Å². The number of ether oxygens (including phenoxy) is 1. The number of anilines is 2. The summed E-state index contributed by atoms with van der Waals surface area (Å²) in [4.78, 5) is 17.8. The summed E-state index contributed by atoms with van der Waals surface area (Å²) in [5, 5.41) is 11.7. The quantitative estimate of drug-likeness (QED) is 0.600. The average Bonchev–Trinajstić information content (AvgIpc) is 3.49. The minimum Gasteiger partial charge on any atom is -0.497 e. The fraction of sp³-hybridized carbons (Fsp3) is 0.333. The highest BCUT2D eigenvalue weighted by Gasteiger charge is 2.39. The molecule has 0 bridgehead atoms. The van der Waals surface area contributed by atoms with Gasteiger partial charge in [0.15, 0.2) is 11.6 Å². The predicted octanol–water partition coefficient (Wildman–Crippen LogP) is 4.03. The Labute approximate surface area is 181 Å². The Bertz CT molecular complexity index is 1160. The molecule has 0 saturated heterocycles.